The van der Waals surface area contributed by atoms with E-state index in [1.54, 1.807) is 24.1 Å². The molecule has 0 spiro atoms. The van der Waals surface area contributed by atoms with Crippen LogP contribution in [-0.2, 0) is 17.6 Å². The summed E-state index contributed by atoms with van der Waals surface area (Å²) in [5, 5.41) is 0. The minimum Gasteiger partial charge on any atom is -0.345 e. The number of nitrogens with zero attached hydrogens (tertiary/aromatic N) is 2. The number of hydrogen-bond acceptors (Lipinski definition) is 2. The molecule has 0 radical (unpaired) electrons. The zero-order chi connectivity index (χ0) is 20.8. The highest BCUT2D eigenvalue weighted by Gasteiger charge is 2.22. The topological polar surface area (TPSA) is 23.6 Å². The second-order valence-electron chi connectivity index (χ2n) is 7.89. The van der Waals surface area contributed by atoms with Crippen LogP contribution in [0.5, 0.6) is 0 Å². The van der Waals surface area contributed by atoms with E-state index >= 15 is 0 Å². The van der Waals surface area contributed by atoms with Gasteiger partial charge in [-0.25, -0.2) is 13.2 Å². The summed E-state index contributed by atoms with van der Waals surface area (Å²) in [7, 11) is 1.74. The lowest BCUT2D eigenvalue weighted by Gasteiger charge is -2.34. The van der Waals surface area contributed by atoms with E-state index < -0.39 is 11.6 Å². The third-order valence-corrected chi connectivity index (χ3v) is 5.55. The maximum absolute atomic E-state index is 13.3. The third-order valence-electron chi connectivity index (χ3n) is 5.55. The van der Waals surface area contributed by atoms with Crippen molar-refractivity contribution in [2.75, 3.05) is 33.2 Å². The average molecular weight is 404 g/mol. The van der Waals surface area contributed by atoms with Crippen LogP contribution in [-0.4, -0.2) is 48.9 Å². The van der Waals surface area contributed by atoms with E-state index in [0.717, 1.165) is 50.5 Å². The minimum absolute atomic E-state index is 0.00232. The van der Waals surface area contributed by atoms with Crippen LogP contribution >= 0.6 is 0 Å². The first-order valence-electron chi connectivity index (χ1n) is 10.0. The lowest BCUT2D eigenvalue weighted by molar-refractivity contribution is -0.129. The SMILES string of the molecule is CN(CC1CCN(CCc2cccc(F)c2)CC1)C(=O)Cc1cc(F)cc(F)c1. The number of carbonyl (C=O) groups is 1. The molecule has 0 bridgehead atoms. The van der Waals surface area contributed by atoms with Crippen LogP contribution < -0.4 is 0 Å². The van der Waals surface area contributed by atoms with Crippen LogP contribution in [0.1, 0.15) is 24.0 Å². The van der Waals surface area contributed by atoms with Gasteiger partial charge in [0.05, 0.1) is 6.42 Å². The van der Waals surface area contributed by atoms with Crippen LogP contribution in [0.2, 0.25) is 0 Å². The molecule has 1 amide bonds. The van der Waals surface area contributed by atoms with Gasteiger partial charge in [0.15, 0.2) is 0 Å². The standard InChI is InChI=1S/C23H27F3N2O/c1-27(23(29)14-19-12-21(25)15-22(26)13-19)16-18-6-9-28(10-7-18)8-5-17-3-2-4-20(24)11-17/h2-4,11-13,15,18H,5-10,14,16H2,1H3. The molecule has 0 aliphatic carbocycles. The van der Waals surface area contributed by atoms with E-state index in [1.165, 1.54) is 18.2 Å². The van der Waals surface area contributed by atoms with Gasteiger partial charge in [0.1, 0.15) is 17.5 Å². The molecule has 0 unspecified atom stereocenters. The van der Waals surface area contributed by atoms with E-state index in [1.807, 2.05) is 6.07 Å². The first-order chi connectivity index (χ1) is 13.9. The number of piperidine rings is 1. The quantitative estimate of drug-likeness (QED) is 0.695. The monoisotopic (exact) mass is 404 g/mol. The van der Waals surface area contributed by atoms with Gasteiger partial charge in [-0.15, -0.1) is 0 Å². The van der Waals surface area contributed by atoms with Crippen molar-refractivity contribution >= 4 is 5.91 Å². The van der Waals surface area contributed by atoms with Gasteiger partial charge in [0, 0.05) is 26.2 Å². The molecule has 3 nitrogen and oxygen atoms in total. The number of halogens is 3. The molecule has 29 heavy (non-hydrogen) atoms. The summed E-state index contributed by atoms with van der Waals surface area (Å²) < 4.78 is 39.8. The third kappa shape index (κ3) is 6.60. The summed E-state index contributed by atoms with van der Waals surface area (Å²) in [6.07, 6.45) is 2.81. The highest BCUT2D eigenvalue weighted by molar-refractivity contribution is 5.78. The summed E-state index contributed by atoms with van der Waals surface area (Å²) in [5.74, 6) is -1.25. The highest BCUT2D eigenvalue weighted by atomic mass is 19.1. The van der Waals surface area contributed by atoms with Crippen molar-refractivity contribution in [1.82, 2.24) is 9.80 Å². The summed E-state index contributed by atoms with van der Waals surface area (Å²) in [6, 6.07) is 9.93. The number of likely N-dealkylation sites (tertiary alicyclic amines) is 1. The molecule has 1 aliphatic rings. The number of carbonyl (C=O) groups excluding carboxylic acids is 1. The highest BCUT2D eigenvalue weighted by Crippen LogP contribution is 2.19. The Bertz CT molecular complexity index is 814. The number of amides is 1. The lowest BCUT2D eigenvalue weighted by Crippen LogP contribution is -2.40. The second-order valence-corrected chi connectivity index (χ2v) is 7.89. The zero-order valence-electron chi connectivity index (χ0n) is 16.7. The van der Waals surface area contributed by atoms with Gasteiger partial charge in [-0.3, -0.25) is 4.79 Å². The molecule has 1 aliphatic heterocycles. The normalized spacial score (nSPS) is 15.4. The van der Waals surface area contributed by atoms with Crippen molar-refractivity contribution in [3.63, 3.8) is 0 Å². The van der Waals surface area contributed by atoms with Gasteiger partial charge in [0.2, 0.25) is 5.91 Å². The Hall–Kier alpha value is -2.34. The molecule has 1 heterocycles. The Morgan fingerprint density at radius 2 is 1.66 bits per heavy atom. The van der Waals surface area contributed by atoms with E-state index in [9.17, 15) is 18.0 Å². The number of benzene rings is 2. The molecule has 1 saturated heterocycles. The molecule has 0 atom stereocenters. The van der Waals surface area contributed by atoms with Gasteiger partial charge in [-0.1, -0.05) is 12.1 Å². The first kappa shape index (κ1) is 21.4. The smallest absolute Gasteiger partial charge is 0.226 e. The number of likely N-dealkylation sites (N-methyl/N-ethyl adjacent to an activating group) is 1. The first-order valence-corrected chi connectivity index (χ1v) is 10.0. The van der Waals surface area contributed by atoms with Gasteiger partial charge in [-0.05, 0) is 73.7 Å². The van der Waals surface area contributed by atoms with Crippen LogP contribution in [0.15, 0.2) is 42.5 Å². The Morgan fingerprint density at radius 3 is 2.31 bits per heavy atom. The molecule has 0 aromatic heterocycles. The van der Waals surface area contributed by atoms with Gasteiger partial charge in [-0.2, -0.15) is 0 Å². The molecule has 0 saturated carbocycles. The largest absolute Gasteiger partial charge is 0.345 e. The van der Waals surface area contributed by atoms with E-state index in [-0.39, 0.29) is 18.1 Å². The predicted octanol–water partition coefficient (Wildman–Crippen LogP) is 4.06. The zero-order valence-corrected chi connectivity index (χ0v) is 16.7. The molecule has 2 aromatic rings. The number of hydrogen-bond donors (Lipinski definition) is 0. The molecule has 3 rings (SSSR count). The summed E-state index contributed by atoms with van der Waals surface area (Å²) in [6.45, 7) is 3.46. The second kappa shape index (κ2) is 9.92. The van der Waals surface area contributed by atoms with Gasteiger partial charge in [0.25, 0.3) is 0 Å². The molecule has 156 valence electrons. The molecular formula is C23H27F3N2O. The van der Waals surface area contributed by atoms with Crippen LogP contribution in [0.3, 0.4) is 0 Å². The van der Waals surface area contributed by atoms with E-state index in [0.29, 0.717) is 18.0 Å². The maximum atomic E-state index is 13.3. The van der Waals surface area contributed by atoms with Crippen molar-refractivity contribution in [1.29, 1.82) is 0 Å². The Morgan fingerprint density at radius 1 is 1.00 bits per heavy atom. The Balaban J connectivity index is 1.40. The van der Waals surface area contributed by atoms with Crippen LogP contribution in [0.25, 0.3) is 0 Å². The molecule has 6 heteroatoms. The van der Waals surface area contributed by atoms with Crippen molar-refractivity contribution < 1.29 is 18.0 Å². The summed E-state index contributed by atoms with van der Waals surface area (Å²) in [4.78, 5) is 16.4. The van der Waals surface area contributed by atoms with E-state index in [4.69, 9.17) is 0 Å². The fourth-order valence-electron chi connectivity index (χ4n) is 3.88. The summed E-state index contributed by atoms with van der Waals surface area (Å²) in [5.41, 5.74) is 1.36. The summed E-state index contributed by atoms with van der Waals surface area (Å²) >= 11 is 0. The van der Waals surface area contributed by atoms with Crippen molar-refractivity contribution in [3.05, 3.63) is 71.0 Å². The Kier molecular flexibility index (Phi) is 7.31. The Labute approximate surface area is 170 Å². The maximum Gasteiger partial charge on any atom is 0.226 e. The van der Waals surface area contributed by atoms with Gasteiger partial charge < -0.3 is 9.80 Å². The molecular weight excluding hydrogens is 377 g/mol. The molecule has 0 N–H and O–H groups in total. The predicted molar refractivity (Wildman–Crippen MR) is 107 cm³/mol. The van der Waals surface area contributed by atoms with Crippen LogP contribution in [0.4, 0.5) is 13.2 Å². The minimum atomic E-state index is -0.666. The average Bonchev–Trinajstić information content (AvgIpc) is 2.66. The van der Waals surface area contributed by atoms with Crippen molar-refractivity contribution in [2.24, 2.45) is 5.92 Å². The molecule has 2 aromatic carbocycles. The lowest BCUT2D eigenvalue weighted by atomic mass is 9.95. The van der Waals surface area contributed by atoms with Crippen LogP contribution in [0, 0.1) is 23.4 Å². The van der Waals surface area contributed by atoms with Crippen molar-refractivity contribution in [3.8, 4) is 0 Å². The van der Waals surface area contributed by atoms with Gasteiger partial charge >= 0.3 is 0 Å². The number of rotatable bonds is 7. The van der Waals surface area contributed by atoms with Crippen molar-refractivity contribution in [2.45, 2.75) is 25.7 Å². The van der Waals surface area contributed by atoms with E-state index in [2.05, 4.69) is 4.90 Å². The fourth-order valence-corrected chi connectivity index (χ4v) is 3.88. The molecule has 1 fully saturated rings. The fraction of sp³-hybridized carbons (Fsp3) is 0.435.